The van der Waals surface area contributed by atoms with Crippen LogP contribution in [0.1, 0.15) is 10.4 Å². The van der Waals surface area contributed by atoms with Crippen LogP contribution in [-0.4, -0.2) is 17.9 Å². The van der Waals surface area contributed by atoms with Crippen molar-refractivity contribution in [3.05, 3.63) is 48.2 Å². The van der Waals surface area contributed by atoms with Crippen molar-refractivity contribution in [1.82, 2.24) is 10.3 Å². The Hall–Kier alpha value is -2.36. The number of hydrogen-bond donors (Lipinski definition) is 2. The molecule has 4 heteroatoms. The summed E-state index contributed by atoms with van der Waals surface area (Å²) in [4.78, 5) is 15.5. The fourth-order valence-electron chi connectivity index (χ4n) is 1.56. The Balaban J connectivity index is 2.39. The summed E-state index contributed by atoms with van der Waals surface area (Å²) in [5.41, 5.74) is 8.03. The van der Waals surface area contributed by atoms with E-state index in [-0.39, 0.29) is 5.91 Å². The van der Waals surface area contributed by atoms with Gasteiger partial charge in [0, 0.05) is 24.4 Å². The average molecular weight is 227 g/mol. The molecular weight excluding hydrogens is 214 g/mol. The summed E-state index contributed by atoms with van der Waals surface area (Å²) in [6.07, 6.45) is 1.69. The average Bonchev–Trinajstić information content (AvgIpc) is 2.39. The molecule has 0 aliphatic heterocycles. The highest BCUT2D eigenvalue weighted by Gasteiger charge is 2.04. The van der Waals surface area contributed by atoms with Gasteiger partial charge < -0.3 is 11.1 Å². The summed E-state index contributed by atoms with van der Waals surface area (Å²) in [5, 5.41) is 2.59. The van der Waals surface area contributed by atoms with Crippen LogP contribution in [0.15, 0.2) is 42.6 Å². The highest BCUT2D eigenvalue weighted by Crippen LogP contribution is 2.20. The van der Waals surface area contributed by atoms with Gasteiger partial charge in [0.25, 0.3) is 5.91 Å². The van der Waals surface area contributed by atoms with Gasteiger partial charge in [-0.25, -0.2) is 4.98 Å². The maximum atomic E-state index is 11.5. The van der Waals surface area contributed by atoms with Crippen molar-refractivity contribution in [2.45, 2.75) is 0 Å². The third-order valence-electron chi connectivity index (χ3n) is 2.47. The van der Waals surface area contributed by atoms with E-state index in [4.69, 9.17) is 5.73 Å². The molecule has 1 amide bonds. The van der Waals surface area contributed by atoms with Gasteiger partial charge in [-0.2, -0.15) is 0 Å². The molecule has 0 atom stereocenters. The van der Waals surface area contributed by atoms with Crippen molar-refractivity contribution in [1.29, 1.82) is 0 Å². The van der Waals surface area contributed by atoms with Gasteiger partial charge in [0.05, 0.1) is 0 Å². The summed E-state index contributed by atoms with van der Waals surface area (Å²) in [6, 6.07) is 11.0. The number of anilines is 1. The lowest BCUT2D eigenvalue weighted by Gasteiger charge is -2.04. The molecule has 2 aromatic rings. The second kappa shape index (κ2) is 4.65. The first kappa shape index (κ1) is 11.1. The number of nitrogens with zero attached hydrogens (tertiary/aromatic N) is 1. The number of carbonyl (C=O) groups excluding carboxylic acids is 1. The molecule has 0 radical (unpaired) electrons. The second-order valence-electron chi connectivity index (χ2n) is 3.63. The van der Waals surface area contributed by atoms with Crippen molar-refractivity contribution in [3.63, 3.8) is 0 Å². The molecule has 0 fully saturated rings. The number of hydrogen-bond acceptors (Lipinski definition) is 3. The molecule has 4 nitrogen and oxygen atoms in total. The largest absolute Gasteiger partial charge is 0.384 e. The van der Waals surface area contributed by atoms with E-state index < -0.39 is 0 Å². The Morgan fingerprint density at radius 1 is 1.24 bits per heavy atom. The molecule has 0 saturated heterocycles. The number of amides is 1. The molecule has 17 heavy (non-hydrogen) atoms. The normalized spacial score (nSPS) is 9.94. The standard InChI is InChI=1S/C13H13N3O/c1-15-13(17)10-4-2-3-9(7-10)11-5-6-12(14)16-8-11/h2-8H,1H3,(H2,14,16)(H,15,17). The first-order valence-corrected chi connectivity index (χ1v) is 5.25. The highest BCUT2D eigenvalue weighted by atomic mass is 16.1. The van der Waals surface area contributed by atoms with Gasteiger partial charge in [-0.3, -0.25) is 4.79 Å². The van der Waals surface area contributed by atoms with Gasteiger partial charge in [0.1, 0.15) is 5.82 Å². The molecule has 1 aromatic heterocycles. The molecule has 1 heterocycles. The fraction of sp³-hybridized carbons (Fsp3) is 0.0769. The van der Waals surface area contributed by atoms with Gasteiger partial charge in [0.2, 0.25) is 0 Å². The van der Waals surface area contributed by atoms with E-state index in [9.17, 15) is 4.79 Å². The monoisotopic (exact) mass is 227 g/mol. The number of rotatable bonds is 2. The minimum Gasteiger partial charge on any atom is -0.384 e. The van der Waals surface area contributed by atoms with Gasteiger partial charge in [-0.1, -0.05) is 12.1 Å². The lowest BCUT2D eigenvalue weighted by atomic mass is 10.0. The van der Waals surface area contributed by atoms with Gasteiger partial charge >= 0.3 is 0 Å². The molecule has 0 saturated carbocycles. The van der Waals surface area contributed by atoms with E-state index >= 15 is 0 Å². The highest BCUT2D eigenvalue weighted by molar-refractivity contribution is 5.95. The van der Waals surface area contributed by atoms with Crippen molar-refractivity contribution in [2.24, 2.45) is 0 Å². The smallest absolute Gasteiger partial charge is 0.251 e. The second-order valence-corrected chi connectivity index (χ2v) is 3.63. The molecular formula is C13H13N3O. The zero-order chi connectivity index (χ0) is 12.3. The van der Waals surface area contributed by atoms with Gasteiger partial charge in [0.15, 0.2) is 0 Å². The molecule has 0 bridgehead atoms. The van der Waals surface area contributed by atoms with E-state index in [1.54, 1.807) is 25.4 Å². The van der Waals surface area contributed by atoms with Gasteiger partial charge in [-0.15, -0.1) is 0 Å². The molecule has 0 unspecified atom stereocenters. The Bertz CT molecular complexity index is 535. The van der Waals surface area contributed by atoms with Crippen LogP contribution >= 0.6 is 0 Å². The molecule has 0 aliphatic rings. The summed E-state index contributed by atoms with van der Waals surface area (Å²) < 4.78 is 0. The van der Waals surface area contributed by atoms with E-state index in [1.807, 2.05) is 24.3 Å². The summed E-state index contributed by atoms with van der Waals surface area (Å²) in [7, 11) is 1.61. The zero-order valence-corrected chi connectivity index (χ0v) is 9.47. The number of pyridine rings is 1. The predicted octanol–water partition coefficient (Wildman–Crippen LogP) is 1.69. The SMILES string of the molecule is CNC(=O)c1cccc(-c2ccc(N)nc2)c1. The van der Waals surface area contributed by atoms with Crippen molar-refractivity contribution < 1.29 is 4.79 Å². The Morgan fingerprint density at radius 2 is 2.06 bits per heavy atom. The first-order chi connectivity index (χ1) is 8.20. The third-order valence-corrected chi connectivity index (χ3v) is 2.47. The minimum atomic E-state index is -0.102. The van der Waals surface area contributed by atoms with E-state index in [1.165, 1.54) is 0 Å². The van der Waals surface area contributed by atoms with E-state index in [0.717, 1.165) is 11.1 Å². The molecule has 0 spiro atoms. The van der Waals surface area contributed by atoms with Crippen LogP contribution in [0.3, 0.4) is 0 Å². The van der Waals surface area contributed by atoms with Crippen LogP contribution in [0, 0.1) is 0 Å². The van der Waals surface area contributed by atoms with Crippen LogP contribution < -0.4 is 11.1 Å². The fourth-order valence-corrected chi connectivity index (χ4v) is 1.56. The summed E-state index contributed by atoms with van der Waals surface area (Å²) in [6.45, 7) is 0. The van der Waals surface area contributed by atoms with Crippen molar-refractivity contribution in [3.8, 4) is 11.1 Å². The quantitative estimate of drug-likeness (QED) is 0.820. The lowest BCUT2D eigenvalue weighted by molar-refractivity contribution is 0.0963. The Morgan fingerprint density at radius 3 is 2.71 bits per heavy atom. The molecule has 0 aliphatic carbocycles. The lowest BCUT2D eigenvalue weighted by Crippen LogP contribution is -2.17. The van der Waals surface area contributed by atoms with Crippen LogP contribution in [-0.2, 0) is 0 Å². The van der Waals surface area contributed by atoms with Crippen LogP contribution in [0.25, 0.3) is 11.1 Å². The number of nitrogens with two attached hydrogens (primary N) is 1. The minimum absolute atomic E-state index is 0.102. The predicted molar refractivity (Wildman–Crippen MR) is 67.5 cm³/mol. The van der Waals surface area contributed by atoms with Crippen LogP contribution in [0.2, 0.25) is 0 Å². The maximum absolute atomic E-state index is 11.5. The number of nitrogen functional groups attached to an aromatic ring is 1. The first-order valence-electron chi connectivity index (χ1n) is 5.25. The molecule has 86 valence electrons. The number of carbonyl (C=O) groups is 1. The molecule has 1 aromatic carbocycles. The van der Waals surface area contributed by atoms with Gasteiger partial charge in [-0.05, 0) is 29.8 Å². The summed E-state index contributed by atoms with van der Waals surface area (Å²) in [5.74, 6) is 0.381. The number of benzene rings is 1. The van der Waals surface area contributed by atoms with Crippen LogP contribution in [0.5, 0.6) is 0 Å². The van der Waals surface area contributed by atoms with Crippen molar-refractivity contribution in [2.75, 3.05) is 12.8 Å². The Kier molecular flexibility index (Phi) is 3.05. The zero-order valence-electron chi connectivity index (χ0n) is 9.47. The summed E-state index contributed by atoms with van der Waals surface area (Å²) >= 11 is 0. The van der Waals surface area contributed by atoms with Crippen LogP contribution in [0.4, 0.5) is 5.82 Å². The van der Waals surface area contributed by atoms with E-state index in [2.05, 4.69) is 10.3 Å². The molecule has 3 N–H and O–H groups in total. The third kappa shape index (κ3) is 2.42. The number of nitrogens with one attached hydrogen (secondary N) is 1. The maximum Gasteiger partial charge on any atom is 0.251 e. The topological polar surface area (TPSA) is 68.0 Å². The Labute approximate surface area is 99.5 Å². The number of aromatic nitrogens is 1. The molecule has 2 rings (SSSR count). The van der Waals surface area contributed by atoms with Crippen molar-refractivity contribution >= 4 is 11.7 Å². The van der Waals surface area contributed by atoms with E-state index in [0.29, 0.717) is 11.4 Å².